The van der Waals surface area contributed by atoms with E-state index in [9.17, 15) is 4.79 Å². The quantitative estimate of drug-likeness (QED) is 0.283. The first-order valence-corrected chi connectivity index (χ1v) is 13.8. The highest BCUT2D eigenvalue weighted by atomic mass is 32.2. The Hall–Kier alpha value is -1.69. The number of rotatable bonds is 6. The number of nitrogens with one attached hydrogen (secondary N) is 1. The van der Waals surface area contributed by atoms with Crippen molar-refractivity contribution >= 4 is 73.1 Å². The van der Waals surface area contributed by atoms with E-state index < -0.39 is 0 Å². The maximum atomic E-state index is 12.4. The van der Waals surface area contributed by atoms with E-state index in [1.807, 2.05) is 9.78 Å². The summed E-state index contributed by atoms with van der Waals surface area (Å²) in [5, 5.41) is 17.4. The summed E-state index contributed by atoms with van der Waals surface area (Å²) in [5.41, 5.74) is 2.26. The van der Waals surface area contributed by atoms with Crippen LogP contribution in [0.1, 0.15) is 50.0 Å². The van der Waals surface area contributed by atoms with Crippen molar-refractivity contribution in [1.82, 2.24) is 24.6 Å². The number of aromatic nitrogens is 5. The van der Waals surface area contributed by atoms with Gasteiger partial charge in [0.25, 0.3) is 0 Å². The first-order valence-electron chi connectivity index (χ1n) is 10.2. The lowest BCUT2D eigenvalue weighted by molar-refractivity contribution is -0.113. The molecular formula is C20H22N6OS4. The van der Waals surface area contributed by atoms with Crippen molar-refractivity contribution in [2.45, 2.75) is 61.5 Å². The van der Waals surface area contributed by atoms with Gasteiger partial charge in [-0.3, -0.25) is 4.79 Å². The summed E-state index contributed by atoms with van der Waals surface area (Å²) in [6.07, 6.45) is 5.22. The van der Waals surface area contributed by atoms with E-state index in [4.69, 9.17) is 4.98 Å². The smallest absolute Gasteiger partial charge is 0.236 e. The molecule has 4 aromatic heterocycles. The monoisotopic (exact) mass is 490 g/mol. The van der Waals surface area contributed by atoms with Gasteiger partial charge in [-0.2, -0.15) is 0 Å². The van der Waals surface area contributed by atoms with Gasteiger partial charge in [0.2, 0.25) is 5.91 Å². The van der Waals surface area contributed by atoms with Crippen molar-refractivity contribution in [3.05, 3.63) is 22.0 Å². The third-order valence-corrected chi connectivity index (χ3v) is 8.87. The van der Waals surface area contributed by atoms with Gasteiger partial charge in [-0.05, 0) is 30.7 Å². The fourth-order valence-electron chi connectivity index (χ4n) is 3.89. The second-order valence-corrected chi connectivity index (χ2v) is 12.3. The van der Waals surface area contributed by atoms with Crippen molar-refractivity contribution < 1.29 is 4.79 Å². The highest BCUT2D eigenvalue weighted by Gasteiger charge is 2.27. The largest absolute Gasteiger partial charge is 0.301 e. The molecule has 11 heteroatoms. The molecule has 31 heavy (non-hydrogen) atoms. The molecule has 7 nitrogen and oxygen atoms in total. The molecule has 0 aromatic carbocycles. The molecule has 1 aliphatic rings. The maximum absolute atomic E-state index is 12.4. The molecule has 0 bridgehead atoms. The van der Waals surface area contributed by atoms with Crippen LogP contribution in [0.25, 0.3) is 15.9 Å². The van der Waals surface area contributed by atoms with Crippen molar-refractivity contribution in [2.75, 3.05) is 11.1 Å². The molecular weight excluding hydrogens is 469 g/mol. The summed E-state index contributed by atoms with van der Waals surface area (Å²) in [6.45, 7) is 6.61. The lowest BCUT2D eigenvalue weighted by atomic mass is 9.87. The molecule has 4 heterocycles. The van der Waals surface area contributed by atoms with Crippen LogP contribution in [0.3, 0.4) is 0 Å². The van der Waals surface area contributed by atoms with Crippen LogP contribution in [0.2, 0.25) is 0 Å². The number of thiophene rings is 1. The van der Waals surface area contributed by atoms with E-state index in [0.29, 0.717) is 21.5 Å². The molecule has 0 radical (unpaired) electrons. The molecule has 0 spiro atoms. The van der Waals surface area contributed by atoms with Crippen molar-refractivity contribution in [3.63, 3.8) is 0 Å². The molecule has 0 aliphatic heterocycles. The Morgan fingerprint density at radius 2 is 2.23 bits per heavy atom. The SMILES string of the molecule is CC(C)Sc1nc2sc3c(c2c2nnc(SCC(=O)Nc4nccs4)n12)[C@@H](C)CCC3. The number of hydrogen-bond donors (Lipinski definition) is 1. The molecule has 1 amide bonds. The number of anilines is 1. The Labute approximate surface area is 196 Å². The van der Waals surface area contributed by atoms with Gasteiger partial charge in [0.05, 0.1) is 11.1 Å². The van der Waals surface area contributed by atoms with Gasteiger partial charge < -0.3 is 5.32 Å². The summed E-state index contributed by atoms with van der Waals surface area (Å²) in [7, 11) is 0. The Kier molecular flexibility index (Phi) is 5.93. The van der Waals surface area contributed by atoms with Gasteiger partial charge in [0.15, 0.2) is 21.1 Å². The number of amides is 1. The predicted molar refractivity (Wildman–Crippen MR) is 130 cm³/mol. The summed E-state index contributed by atoms with van der Waals surface area (Å²) in [5.74, 6) is 0.636. The second kappa shape index (κ2) is 8.68. The fraction of sp³-hybridized carbons (Fsp3) is 0.450. The highest BCUT2D eigenvalue weighted by Crippen LogP contribution is 2.44. The summed E-state index contributed by atoms with van der Waals surface area (Å²) < 4.78 is 2.04. The van der Waals surface area contributed by atoms with E-state index in [1.165, 1.54) is 46.4 Å². The van der Waals surface area contributed by atoms with Crippen LogP contribution >= 0.6 is 46.2 Å². The Balaban J connectivity index is 1.55. The zero-order valence-electron chi connectivity index (χ0n) is 17.4. The molecule has 1 N–H and O–H groups in total. The van der Waals surface area contributed by atoms with Gasteiger partial charge in [0, 0.05) is 21.7 Å². The second-order valence-electron chi connectivity index (χ2n) is 7.79. The van der Waals surface area contributed by atoms with Crippen molar-refractivity contribution in [1.29, 1.82) is 0 Å². The van der Waals surface area contributed by atoms with E-state index >= 15 is 0 Å². The average molecular weight is 491 g/mol. The topological polar surface area (TPSA) is 85.1 Å². The molecule has 0 saturated carbocycles. The molecule has 1 aliphatic carbocycles. The molecule has 5 rings (SSSR count). The van der Waals surface area contributed by atoms with E-state index in [2.05, 4.69) is 41.3 Å². The number of fused-ring (bicyclic) bond motifs is 5. The number of aryl methyl sites for hydroxylation is 1. The van der Waals surface area contributed by atoms with Crippen LogP contribution in [0.4, 0.5) is 5.13 Å². The van der Waals surface area contributed by atoms with Gasteiger partial charge in [-0.1, -0.05) is 44.3 Å². The standard InChI is InChI=1S/C20H22N6OS4/c1-10(2)30-19-23-17-15(14-11(3)5-4-6-12(14)31-17)16-24-25-20(26(16)19)29-9-13(27)22-18-21-7-8-28-18/h7-8,10-11H,4-6,9H2,1-3H3,(H,21,22,27)/t11-/m0/s1. The number of nitrogens with zero attached hydrogens (tertiary/aromatic N) is 5. The lowest BCUT2D eigenvalue weighted by Gasteiger charge is -2.18. The normalized spacial score (nSPS) is 16.3. The molecule has 1 atom stereocenters. The number of thiazole rings is 1. The maximum Gasteiger partial charge on any atom is 0.236 e. The van der Waals surface area contributed by atoms with Crippen LogP contribution in [0.5, 0.6) is 0 Å². The minimum atomic E-state index is -0.106. The number of carbonyl (C=O) groups is 1. The Morgan fingerprint density at radius 1 is 1.35 bits per heavy atom. The van der Waals surface area contributed by atoms with Gasteiger partial charge in [-0.15, -0.1) is 32.9 Å². The summed E-state index contributed by atoms with van der Waals surface area (Å²) in [4.78, 5) is 24.0. The number of carbonyl (C=O) groups excluding carboxylic acids is 1. The van der Waals surface area contributed by atoms with E-state index in [-0.39, 0.29) is 11.7 Å². The molecule has 0 fully saturated rings. The zero-order valence-corrected chi connectivity index (χ0v) is 20.7. The van der Waals surface area contributed by atoms with Gasteiger partial charge in [0.1, 0.15) is 4.83 Å². The minimum Gasteiger partial charge on any atom is -0.301 e. The molecule has 0 unspecified atom stereocenters. The van der Waals surface area contributed by atoms with Crippen LogP contribution in [-0.4, -0.2) is 41.5 Å². The van der Waals surface area contributed by atoms with Crippen LogP contribution in [0.15, 0.2) is 21.9 Å². The third-order valence-electron chi connectivity index (χ3n) is 5.13. The van der Waals surface area contributed by atoms with Crippen molar-refractivity contribution in [3.8, 4) is 0 Å². The van der Waals surface area contributed by atoms with Crippen LogP contribution in [-0.2, 0) is 11.2 Å². The first-order chi connectivity index (χ1) is 15.0. The summed E-state index contributed by atoms with van der Waals surface area (Å²) >= 11 is 6.30. The Bertz CT molecular complexity index is 1250. The molecule has 0 saturated heterocycles. The van der Waals surface area contributed by atoms with E-state index in [1.54, 1.807) is 29.3 Å². The Morgan fingerprint density at radius 3 is 3.00 bits per heavy atom. The van der Waals surface area contributed by atoms with Gasteiger partial charge >= 0.3 is 0 Å². The van der Waals surface area contributed by atoms with Crippen molar-refractivity contribution in [2.24, 2.45) is 0 Å². The van der Waals surface area contributed by atoms with Crippen LogP contribution < -0.4 is 5.32 Å². The minimum absolute atomic E-state index is 0.106. The first kappa shape index (κ1) is 21.2. The molecule has 162 valence electrons. The van der Waals surface area contributed by atoms with Crippen LogP contribution in [0, 0.1) is 0 Å². The predicted octanol–water partition coefficient (Wildman–Crippen LogP) is 5.47. The highest BCUT2D eigenvalue weighted by molar-refractivity contribution is 8.00. The zero-order chi connectivity index (χ0) is 21.5. The average Bonchev–Trinajstić information content (AvgIpc) is 3.44. The summed E-state index contributed by atoms with van der Waals surface area (Å²) in [6, 6.07) is 0. The van der Waals surface area contributed by atoms with Gasteiger partial charge in [-0.25, -0.2) is 14.4 Å². The number of hydrogen-bond acceptors (Lipinski definition) is 9. The third kappa shape index (κ3) is 4.08. The molecule has 4 aromatic rings. The van der Waals surface area contributed by atoms with E-state index in [0.717, 1.165) is 27.4 Å². The number of thioether (sulfide) groups is 2. The fourth-order valence-corrected chi connectivity index (χ4v) is 7.45. The lowest BCUT2D eigenvalue weighted by Crippen LogP contribution is -2.14.